The summed E-state index contributed by atoms with van der Waals surface area (Å²) in [5.74, 6) is -0.507. The Morgan fingerprint density at radius 3 is 2.59 bits per heavy atom. The number of imide groups is 1. The molecule has 3 amide bonds. The minimum atomic E-state index is -0.505. The number of thioether (sulfide) groups is 1. The lowest BCUT2D eigenvalue weighted by atomic mass is 10.2. The molecule has 8 heteroatoms. The number of rotatable bonds is 5. The maximum Gasteiger partial charge on any atom is 0.294 e. The van der Waals surface area contributed by atoms with Gasteiger partial charge in [-0.1, -0.05) is 35.9 Å². The van der Waals surface area contributed by atoms with Crippen LogP contribution in [-0.2, 0) is 9.59 Å². The van der Waals surface area contributed by atoms with Crippen LogP contribution in [0.5, 0.6) is 5.75 Å². The molecular formula is C19H15ClN2O4S. The van der Waals surface area contributed by atoms with Crippen LogP contribution >= 0.6 is 23.4 Å². The van der Waals surface area contributed by atoms with Crippen molar-refractivity contribution in [3.05, 3.63) is 64.0 Å². The van der Waals surface area contributed by atoms with Gasteiger partial charge in [0.1, 0.15) is 12.3 Å². The molecule has 0 aliphatic carbocycles. The first-order valence-electron chi connectivity index (χ1n) is 7.92. The first-order valence-corrected chi connectivity index (χ1v) is 9.11. The van der Waals surface area contributed by atoms with E-state index in [0.717, 1.165) is 22.2 Å². The van der Waals surface area contributed by atoms with Gasteiger partial charge < -0.3 is 10.1 Å². The second-order valence-corrected chi connectivity index (χ2v) is 7.00. The molecular weight excluding hydrogens is 388 g/mol. The zero-order chi connectivity index (χ0) is 19.4. The molecule has 0 saturated carbocycles. The number of benzene rings is 2. The van der Waals surface area contributed by atoms with E-state index in [9.17, 15) is 14.4 Å². The third-order valence-electron chi connectivity index (χ3n) is 3.72. The van der Waals surface area contributed by atoms with Crippen LogP contribution in [0.4, 0.5) is 10.5 Å². The van der Waals surface area contributed by atoms with E-state index in [4.69, 9.17) is 16.3 Å². The number of hydrogen-bond donors (Lipinski definition) is 1. The predicted molar refractivity (Wildman–Crippen MR) is 106 cm³/mol. The molecule has 27 heavy (non-hydrogen) atoms. The summed E-state index contributed by atoms with van der Waals surface area (Å²) in [6.45, 7) is -0.374. The lowest BCUT2D eigenvalue weighted by Gasteiger charge is -2.14. The van der Waals surface area contributed by atoms with E-state index >= 15 is 0 Å². The van der Waals surface area contributed by atoms with E-state index in [1.54, 1.807) is 54.6 Å². The van der Waals surface area contributed by atoms with Crippen molar-refractivity contribution in [1.29, 1.82) is 0 Å². The normalized spacial score (nSPS) is 15.3. The number of nitrogens with zero attached hydrogens (tertiary/aromatic N) is 1. The highest BCUT2D eigenvalue weighted by molar-refractivity contribution is 8.18. The van der Waals surface area contributed by atoms with Gasteiger partial charge in [-0.3, -0.25) is 19.3 Å². The van der Waals surface area contributed by atoms with Gasteiger partial charge in [0.25, 0.3) is 11.1 Å². The fourth-order valence-corrected chi connectivity index (χ4v) is 3.39. The number of carbonyl (C=O) groups excluding carboxylic acids is 3. The molecule has 3 rings (SSSR count). The Morgan fingerprint density at radius 1 is 1.19 bits per heavy atom. The smallest absolute Gasteiger partial charge is 0.294 e. The number of nitrogens with one attached hydrogen (secondary N) is 1. The van der Waals surface area contributed by atoms with Gasteiger partial charge >= 0.3 is 0 Å². The van der Waals surface area contributed by atoms with Crippen molar-refractivity contribution in [3.63, 3.8) is 0 Å². The largest absolute Gasteiger partial charge is 0.495 e. The van der Waals surface area contributed by atoms with Gasteiger partial charge in [-0.2, -0.15) is 0 Å². The molecule has 1 heterocycles. The summed E-state index contributed by atoms with van der Waals surface area (Å²) < 4.78 is 5.17. The van der Waals surface area contributed by atoms with E-state index in [-0.39, 0.29) is 11.4 Å². The van der Waals surface area contributed by atoms with Crippen LogP contribution in [0.3, 0.4) is 0 Å². The van der Waals surface area contributed by atoms with Crippen LogP contribution in [0.1, 0.15) is 5.56 Å². The van der Waals surface area contributed by atoms with Crippen LogP contribution in [0.2, 0.25) is 5.02 Å². The van der Waals surface area contributed by atoms with Gasteiger partial charge in [0.15, 0.2) is 0 Å². The molecule has 2 aromatic rings. The number of halogens is 1. The van der Waals surface area contributed by atoms with Gasteiger partial charge in [-0.05, 0) is 47.7 Å². The molecule has 138 valence electrons. The monoisotopic (exact) mass is 402 g/mol. The highest BCUT2D eigenvalue weighted by Gasteiger charge is 2.36. The highest BCUT2D eigenvalue weighted by atomic mass is 35.5. The van der Waals surface area contributed by atoms with E-state index in [1.807, 2.05) is 0 Å². The second-order valence-electron chi connectivity index (χ2n) is 5.57. The Kier molecular flexibility index (Phi) is 5.83. The third kappa shape index (κ3) is 4.50. The summed E-state index contributed by atoms with van der Waals surface area (Å²) >= 11 is 6.64. The summed E-state index contributed by atoms with van der Waals surface area (Å²) in [5, 5.41) is 2.73. The van der Waals surface area contributed by atoms with Crippen LogP contribution < -0.4 is 10.1 Å². The summed E-state index contributed by atoms with van der Waals surface area (Å²) in [7, 11) is 1.49. The molecule has 1 N–H and O–H groups in total. The van der Waals surface area contributed by atoms with Crippen LogP contribution in [0.15, 0.2) is 53.4 Å². The van der Waals surface area contributed by atoms with Gasteiger partial charge in [-0.15, -0.1) is 0 Å². The molecule has 2 aromatic carbocycles. The molecule has 0 bridgehead atoms. The van der Waals surface area contributed by atoms with E-state index in [0.29, 0.717) is 16.5 Å². The standard InChI is InChI=1S/C19H15ClN2O4S/c1-26-15-5-3-2-4-14(15)21-17(23)11-22-18(24)16(27-19(22)25)10-12-6-8-13(20)9-7-12/h2-10H,11H2,1H3,(H,21,23)/b16-10-. The van der Waals surface area contributed by atoms with Gasteiger partial charge in [-0.25, -0.2) is 0 Å². The molecule has 1 saturated heterocycles. The third-order valence-corrected chi connectivity index (χ3v) is 4.88. The summed E-state index contributed by atoms with van der Waals surface area (Å²) in [4.78, 5) is 38.1. The van der Waals surface area contributed by atoms with Gasteiger partial charge in [0.05, 0.1) is 17.7 Å². The van der Waals surface area contributed by atoms with Crippen molar-refractivity contribution in [2.45, 2.75) is 0 Å². The summed E-state index contributed by atoms with van der Waals surface area (Å²) in [5.41, 5.74) is 1.21. The first-order chi connectivity index (χ1) is 13.0. The molecule has 0 atom stereocenters. The Bertz CT molecular complexity index is 928. The number of methoxy groups -OCH3 is 1. The van der Waals surface area contributed by atoms with Gasteiger partial charge in [0, 0.05) is 5.02 Å². The number of amides is 3. The Balaban J connectivity index is 1.70. The molecule has 1 aliphatic heterocycles. The van der Waals surface area contributed by atoms with Crippen LogP contribution in [0, 0.1) is 0 Å². The predicted octanol–water partition coefficient (Wildman–Crippen LogP) is 4.02. The number of para-hydroxylation sites is 2. The number of ether oxygens (including phenoxy) is 1. The molecule has 0 radical (unpaired) electrons. The number of carbonyl (C=O) groups is 3. The average Bonchev–Trinajstić information content (AvgIpc) is 2.91. The van der Waals surface area contributed by atoms with Crippen molar-refractivity contribution in [2.75, 3.05) is 19.0 Å². The molecule has 1 aliphatic rings. The van der Waals surface area contributed by atoms with Crippen molar-refractivity contribution < 1.29 is 19.1 Å². The van der Waals surface area contributed by atoms with Crippen molar-refractivity contribution in [3.8, 4) is 5.75 Å². The second kappa shape index (κ2) is 8.28. The number of anilines is 1. The Morgan fingerprint density at radius 2 is 1.89 bits per heavy atom. The SMILES string of the molecule is COc1ccccc1NC(=O)CN1C(=O)S/C(=C\c2ccc(Cl)cc2)C1=O. The number of hydrogen-bond acceptors (Lipinski definition) is 5. The Hall–Kier alpha value is -2.77. The lowest BCUT2D eigenvalue weighted by Crippen LogP contribution is -2.36. The molecule has 0 aromatic heterocycles. The fourth-order valence-electron chi connectivity index (χ4n) is 2.43. The maximum atomic E-state index is 12.5. The maximum absolute atomic E-state index is 12.5. The zero-order valence-corrected chi connectivity index (χ0v) is 15.8. The summed E-state index contributed by atoms with van der Waals surface area (Å²) in [6.07, 6.45) is 1.60. The summed E-state index contributed by atoms with van der Waals surface area (Å²) in [6, 6.07) is 13.8. The highest BCUT2D eigenvalue weighted by Crippen LogP contribution is 2.32. The topological polar surface area (TPSA) is 75.7 Å². The lowest BCUT2D eigenvalue weighted by molar-refractivity contribution is -0.127. The Labute approximate surface area is 165 Å². The average molecular weight is 403 g/mol. The van der Waals surface area contributed by atoms with Crippen LogP contribution in [0.25, 0.3) is 6.08 Å². The zero-order valence-electron chi connectivity index (χ0n) is 14.3. The molecule has 0 spiro atoms. The van der Waals surface area contributed by atoms with Crippen LogP contribution in [-0.4, -0.2) is 35.6 Å². The van der Waals surface area contributed by atoms with E-state index in [2.05, 4.69) is 5.32 Å². The quantitative estimate of drug-likeness (QED) is 0.764. The van der Waals surface area contributed by atoms with Gasteiger partial charge in [0.2, 0.25) is 5.91 Å². The van der Waals surface area contributed by atoms with E-state index in [1.165, 1.54) is 7.11 Å². The van der Waals surface area contributed by atoms with Crippen molar-refractivity contribution in [1.82, 2.24) is 4.90 Å². The minimum Gasteiger partial charge on any atom is -0.495 e. The van der Waals surface area contributed by atoms with E-state index < -0.39 is 17.1 Å². The van der Waals surface area contributed by atoms with Crippen molar-refractivity contribution >= 4 is 52.2 Å². The molecule has 1 fully saturated rings. The first kappa shape index (κ1) is 19.0. The fraction of sp³-hybridized carbons (Fsp3) is 0.105. The molecule has 0 unspecified atom stereocenters. The minimum absolute atomic E-state index is 0.257. The van der Waals surface area contributed by atoms with Crippen molar-refractivity contribution in [2.24, 2.45) is 0 Å². The molecule has 6 nitrogen and oxygen atoms in total.